The summed E-state index contributed by atoms with van der Waals surface area (Å²) in [6, 6.07) is 10.3. The third-order valence-corrected chi connectivity index (χ3v) is 3.35. The summed E-state index contributed by atoms with van der Waals surface area (Å²) >= 11 is 0. The summed E-state index contributed by atoms with van der Waals surface area (Å²) in [6.07, 6.45) is 7.08. The van der Waals surface area contributed by atoms with Crippen LogP contribution in [0.25, 0.3) is 6.08 Å². The van der Waals surface area contributed by atoms with E-state index >= 15 is 0 Å². The molecule has 1 fully saturated rings. The topological polar surface area (TPSA) is 32.3 Å². The summed E-state index contributed by atoms with van der Waals surface area (Å²) in [5.74, 6) is 0. The van der Waals surface area contributed by atoms with Crippen molar-refractivity contribution in [1.29, 1.82) is 0 Å². The minimum Gasteiger partial charge on any atom is -0.322 e. The molecule has 1 N–H and O–H groups in total. The average molecular weight is 244 g/mol. The van der Waals surface area contributed by atoms with Gasteiger partial charge in [-0.25, -0.2) is 4.79 Å². The van der Waals surface area contributed by atoms with Crippen LogP contribution in [0, 0.1) is 0 Å². The highest BCUT2D eigenvalue weighted by Crippen LogP contribution is 2.16. The van der Waals surface area contributed by atoms with Crippen molar-refractivity contribution in [1.82, 2.24) is 10.2 Å². The van der Waals surface area contributed by atoms with Crippen molar-refractivity contribution in [2.75, 3.05) is 6.54 Å². The fraction of sp³-hybridized carbons (Fsp3) is 0.400. The van der Waals surface area contributed by atoms with Gasteiger partial charge in [0.2, 0.25) is 0 Å². The first-order valence-electron chi connectivity index (χ1n) is 6.56. The second kappa shape index (κ2) is 6.24. The van der Waals surface area contributed by atoms with E-state index in [-0.39, 0.29) is 6.03 Å². The van der Waals surface area contributed by atoms with Crippen LogP contribution >= 0.6 is 0 Å². The largest absolute Gasteiger partial charge is 0.322 e. The zero-order valence-corrected chi connectivity index (χ0v) is 10.8. The maximum Gasteiger partial charge on any atom is 0.321 e. The van der Waals surface area contributed by atoms with Crippen LogP contribution in [0.15, 0.2) is 36.5 Å². The quantitative estimate of drug-likeness (QED) is 0.851. The van der Waals surface area contributed by atoms with Gasteiger partial charge in [-0.2, -0.15) is 0 Å². The SMILES string of the molecule is CC1CCCCN1C(=O)N/C=C/c1ccccc1. The molecule has 0 radical (unpaired) electrons. The molecule has 1 heterocycles. The number of hydrogen-bond donors (Lipinski definition) is 1. The molecule has 0 spiro atoms. The molecule has 0 aromatic heterocycles. The Balaban J connectivity index is 1.86. The van der Waals surface area contributed by atoms with Crippen LogP contribution in [0.2, 0.25) is 0 Å². The summed E-state index contributed by atoms with van der Waals surface area (Å²) in [7, 11) is 0. The van der Waals surface area contributed by atoms with Crippen LogP contribution in [0.4, 0.5) is 4.79 Å². The molecule has 1 aliphatic rings. The van der Waals surface area contributed by atoms with Gasteiger partial charge in [0.1, 0.15) is 0 Å². The highest BCUT2D eigenvalue weighted by atomic mass is 16.2. The van der Waals surface area contributed by atoms with Crippen molar-refractivity contribution in [2.24, 2.45) is 0 Å². The van der Waals surface area contributed by atoms with Crippen molar-refractivity contribution in [2.45, 2.75) is 32.2 Å². The van der Waals surface area contributed by atoms with E-state index in [1.807, 2.05) is 41.3 Å². The molecule has 2 rings (SSSR count). The second-order valence-electron chi connectivity index (χ2n) is 4.73. The molecule has 3 nitrogen and oxygen atoms in total. The number of benzene rings is 1. The van der Waals surface area contributed by atoms with Gasteiger partial charge in [-0.15, -0.1) is 0 Å². The third kappa shape index (κ3) is 3.36. The lowest BCUT2D eigenvalue weighted by molar-refractivity contribution is 0.161. The fourth-order valence-electron chi connectivity index (χ4n) is 2.26. The summed E-state index contributed by atoms with van der Waals surface area (Å²) in [4.78, 5) is 13.9. The van der Waals surface area contributed by atoms with Gasteiger partial charge in [-0.1, -0.05) is 30.3 Å². The lowest BCUT2D eigenvalue weighted by Gasteiger charge is -2.32. The van der Waals surface area contributed by atoms with Crippen LogP contribution in [0.1, 0.15) is 31.7 Å². The first-order valence-corrected chi connectivity index (χ1v) is 6.56. The molecular formula is C15H20N2O. The monoisotopic (exact) mass is 244 g/mol. The standard InChI is InChI=1S/C15H20N2O/c1-13-7-5-6-12-17(13)15(18)16-11-10-14-8-3-2-4-9-14/h2-4,8-11,13H,5-7,12H2,1H3,(H,16,18)/b11-10+. The van der Waals surface area contributed by atoms with Gasteiger partial charge in [0, 0.05) is 18.8 Å². The number of likely N-dealkylation sites (tertiary alicyclic amines) is 1. The zero-order chi connectivity index (χ0) is 12.8. The first-order chi connectivity index (χ1) is 8.77. The number of hydrogen-bond acceptors (Lipinski definition) is 1. The van der Waals surface area contributed by atoms with E-state index in [0.29, 0.717) is 6.04 Å². The number of piperidine rings is 1. The Hall–Kier alpha value is -1.77. The number of amides is 2. The number of nitrogens with one attached hydrogen (secondary N) is 1. The highest BCUT2D eigenvalue weighted by Gasteiger charge is 2.21. The predicted molar refractivity (Wildman–Crippen MR) is 74.0 cm³/mol. The number of rotatable bonds is 2. The van der Waals surface area contributed by atoms with Gasteiger partial charge in [0.25, 0.3) is 0 Å². The van der Waals surface area contributed by atoms with Crippen LogP contribution in [0.3, 0.4) is 0 Å². The first kappa shape index (κ1) is 12.7. The third-order valence-electron chi connectivity index (χ3n) is 3.35. The number of nitrogens with zero attached hydrogens (tertiary/aromatic N) is 1. The minimum absolute atomic E-state index is 0.00869. The molecule has 18 heavy (non-hydrogen) atoms. The molecule has 0 bridgehead atoms. The van der Waals surface area contributed by atoms with Gasteiger partial charge < -0.3 is 10.2 Å². The Morgan fingerprint density at radius 2 is 2.11 bits per heavy atom. The molecule has 1 aromatic rings. The van der Waals surface area contributed by atoms with Gasteiger partial charge in [-0.05, 0) is 37.8 Å². The molecule has 1 aliphatic heterocycles. The van der Waals surface area contributed by atoms with Crippen LogP contribution in [-0.4, -0.2) is 23.5 Å². The van der Waals surface area contributed by atoms with E-state index in [2.05, 4.69) is 12.2 Å². The Bertz CT molecular complexity index is 414. The molecule has 1 atom stereocenters. The Morgan fingerprint density at radius 3 is 2.83 bits per heavy atom. The summed E-state index contributed by atoms with van der Waals surface area (Å²) in [5, 5.41) is 2.84. The number of carbonyl (C=O) groups is 1. The highest BCUT2D eigenvalue weighted by molar-refractivity contribution is 5.76. The molecule has 96 valence electrons. The average Bonchev–Trinajstić information content (AvgIpc) is 2.40. The second-order valence-corrected chi connectivity index (χ2v) is 4.73. The molecular weight excluding hydrogens is 224 g/mol. The molecule has 1 saturated heterocycles. The molecule has 0 saturated carbocycles. The van der Waals surface area contributed by atoms with Crippen molar-refractivity contribution < 1.29 is 4.79 Å². The van der Waals surface area contributed by atoms with Crippen molar-refractivity contribution in [3.8, 4) is 0 Å². The van der Waals surface area contributed by atoms with E-state index in [9.17, 15) is 4.79 Å². The molecule has 0 aliphatic carbocycles. The van der Waals surface area contributed by atoms with Crippen LogP contribution in [-0.2, 0) is 0 Å². The van der Waals surface area contributed by atoms with Crippen LogP contribution in [0.5, 0.6) is 0 Å². The summed E-state index contributed by atoms with van der Waals surface area (Å²) in [6.45, 7) is 2.98. The van der Waals surface area contributed by atoms with Crippen molar-refractivity contribution in [3.63, 3.8) is 0 Å². The maximum atomic E-state index is 12.0. The lowest BCUT2D eigenvalue weighted by Crippen LogP contribution is -2.46. The smallest absolute Gasteiger partial charge is 0.321 e. The molecule has 2 amide bonds. The van der Waals surface area contributed by atoms with E-state index in [1.165, 1.54) is 6.42 Å². The van der Waals surface area contributed by atoms with E-state index in [1.54, 1.807) is 6.20 Å². The minimum atomic E-state index is 0.00869. The van der Waals surface area contributed by atoms with Gasteiger partial charge in [0.05, 0.1) is 0 Å². The van der Waals surface area contributed by atoms with E-state index in [4.69, 9.17) is 0 Å². The summed E-state index contributed by atoms with van der Waals surface area (Å²) in [5.41, 5.74) is 1.09. The predicted octanol–water partition coefficient (Wildman–Crippen LogP) is 3.24. The number of urea groups is 1. The summed E-state index contributed by atoms with van der Waals surface area (Å²) < 4.78 is 0. The molecule has 1 aromatic carbocycles. The van der Waals surface area contributed by atoms with Crippen molar-refractivity contribution >= 4 is 12.1 Å². The Morgan fingerprint density at radius 1 is 1.33 bits per heavy atom. The van der Waals surface area contributed by atoms with Crippen LogP contribution < -0.4 is 5.32 Å². The zero-order valence-electron chi connectivity index (χ0n) is 10.8. The lowest BCUT2D eigenvalue weighted by atomic mass is 10.0. The van der Waals surface area contributed by atoms with E-state index < -0.39 is 0 Å². The molecule has 3 heteroatoms. The molecule has 1 unspecified atom stereocenters. The van der Waals surface area contributed by atoms with E-state index in [0.717, 1.165) is 24.9 Å². The van der Waals surface area contributed by atoms with Crippen molar-refractivity contribution in [3.05, 3.63) is 42.1 Å². The Labute approximate surface area is 108 Å². The fourth-order valence-corrected chi connectivity index (χ4v) is 2.26. The number of carbonyl (C=O) groups excluding carboxylic acids is 1. The Kier molecular flexibility index (Phi) is 4.40. The van der Waals surface area contributed by atoms with Gasteiger partial charge >= 0.3 is 6.03 Å². The maximum absolute atomic E-state index is 12.0. The van der Waals surface area contributed by atoms with Gasteiger partial charge in [-0.3, -0.25) is 0 Å². The van der Waals surface area contributed by atoms with Gasteiger partial charge in [0.15, 0.2) is 0 Å². The normalized spacial score (nSPS) is 20.1.